The number of nitrogens with one attached hydrogen (secondary N) is 2. The van der Waals surface area contributed by atoms with E-state index in [-0.39, 0.29) is 12.3 Å². The lowest BCUT2D eigenvalue weighted by Gasteiger charge is -2.08. The lowest BCUT2D eigenvalue weighted by atomic mass is 10.2. The van der Waals surface area contributed by atoms with Crippen molar-refractivity contribution in [2.75, 3.05) is 0 Å². The zero-order chi connectivity index (χ0) is 13.1. The molecule has 94 valence electrons. The molecule has 0 fully saturated rings. The number of benzene rings is 1. The number of carbonyl (C=O) groups is 2. The van der Waals surface area contributed by atoms with E-state index in [1.54, 1.807) is 0 Å². The summed E-state index contributed by atoms with van der Waals surface area (Å²) in [5.74, 6) is -1.35. The summed E-state index contributed by atoms with van der Waals surface area (Å²) < 4.78 is 0. The van der Waals surface area contributed by atoms with E-state index in [9.17, 15) is 9.59 Å². The number of hydrogen-bond donors (Lipinski definition) is 3. The van der Waals surface area contributed by atoms with Gasteiger partial charge in [0.05, 0.1) is 6.42 Å². The van der Waals surface area contributed by atoms with Crippen LogP contribution >= 0.6 is 0 Å². The summed E-state index contributed by atoms with van der Waals surface area (Å²) in [7, 11) is 0. The Hall–Kier alpha value is -2.30. The maximum absolute atomic E-state index is 11.6. The van der Waals surface area contributed by atoms with Gasteiger partial charge in [-0.1, -0.05) is 18.2 Å². The predicted molar refractivity (Wildman–Crippen MR) is 67.2 cm³/mol. The Balaban J connectivity index is 2.05. The Kier molecular flexibility index (Phi) is 3.32. The van der Waals surface area contributed by atoms with Crippen molar-refractivity contribution < 1.29 is 14.7 Å². The Morgan fingerprint density at radius 2 is 2.11 bits per heavy atom. The van der Waals surface area contributed by atoms with Crippen molar-refractivity contribution in [3.05, 3.63) is 36.0 Å². The molecule has 0 aliphatic rings. The van der Waals surface area contributed by atoms with E-state index >= 15 is 0 Å². The molecular weight excluding hydrogens is 232 g/mol. The molecule has 0 saturated carbocycles. The van der Waals surface area contributed by atoms with Gasteiger partial charge in [-0.2, -0.15) is 0 Å². The molecule has 2 aromatic rings. The van der Waals surface area contributed by atoms with Crippen molar-refractivity contribution >= 4 is 22.8 Å². The summed E-state index contributed by atoms with van der Waals surface area (Å²) in [5.41, 5.74) is 1.73. The standard InChI is InChI=1S/C13H14N2O3/c1-8(13(17)18)14-12(16)7-10-6-9-4-2-3-5-11(9)15-10/h2-6,8,15H,7H2,1H3,(H,14,16)(H,17,18)/t8-/m0/s1. The molecule has 0 unspecified atom stereocenters. The molecule has 1 heterocycles. The number of hydrogen-bond acceptors (Lipinski definition) is 2. The van der Waals surface area contributed by atoms with Crippen LogP contribution in [-0.2, 0) is 16.0 Å². The van der Waals surface area contributed by atoms with Crippen molar-refractivity contribution in [1.82, 2.24) is 10.3 Å². The van der Waals surface area contributed by atoms with E-state index in [1.165, 1.54) is 6.92 Å². The zero-order valence-electron chi connectivity index (χ0n) is 9.93. The molecule has 0 aliphatic carbocycles. The number of carbonyl (C=O) groups excluding carboxylic acids is 1. The van der Waals surface area contributed by atoms with Crippen LogP contribution in [0, 0.1) is 0 Å². The largest absolute Gasteiger partial charge is 0.480 e. The summed E-state index contributed by atoms with van der Waals surface area (Å²) in [6.07, 6.45) is 0.145. The number of aliphatic carboxylic acids is 1. The molecule has 1 atom stereocenters. The molecule has 1 amide bonds. The van der Waals surface area contributed by atoms with Crippen LogP contribution in [0.25, 0.3) is 10.9 Å². The average Bonchev–Trinajstić information content (AvgIpc) is 2.70. The van der Waals surface area contributed by atoms with Crippen LogP contribution < -0.4 is 5.32 Å². The van der Waals surface area contributed by atoms with Gasteiger partial charge in [0, 0.05) is 11.2 Å². The van der Waals surface area contributed by atoms with Crippen LogP contribution in [0.15, 0.2) is 30.3 Å². The summed E-state index contributed by atoms with van der Waals surface area (Å²) in [5, 5.41) is 12.1. The molecule has 0 saturated heterocycles. The number of carboxylic acids is 1. The Morgan fingerprint density at radius 3 is 2.78 bits per heavy atom. The van der Waals surface area contributed by atoms with E-state index in [2.05, 4.69) is 10.3 Å². The van der Waals surface area contributed by atoms with Gasteiger partial charge < -0.3 is 15.4 Å². The third-order valence-corrected chi connectivity index (χ3v) is 2.68. The van der Waals surface area contributed by atoms with E-state index in [0.717, 1.165) is 16.6 Å². The Labute approximate surface area is 104 Å². The zero-order valence-corrected chi connectivity index (χ0v) is 9.93. The molecule has 0 aliphatic heterocycles. The third kappa shape index (κ3) is 2.68. The van der Waals surface area contributed by atoms with Crippen molar-refractivity contribution in [2.24, 2.45) is 0 Å². The fourth-order valence-corrected chi connectivity index (χ4v) is 1.76. The number of amides is 1. The number of aromatic amines is 1. The Morgan fingerprint density at radius 1 is 1.39 bits per heavy atom. The normalized spacial score (nSPS) is 12.3. The number of H-pyrrole nitrogens is 1. The quantitative estimate of drug-likeness (QED) is 0.760. The van der Waals surface area contributed by atoms with Crippen molar-refractivity contribution in [2.45, 2.75) is 19.4 Å². The molecule has 5 heteroatoms. The molecule has 18 heavy (non-hydrogen) atoms. The molecule has 0 radical (unpaired) electrons. The van der Waals surface area contributed by atoms with Crippen LogP contribution in [0.3, 0.4) is 0 Å². The second kappa shape index (κ2) is 4.91. The SMILES string of the molecule is C[C@H](NC(=O)Cc1cc2ccccc2[nH]1)C(=O)O. The van der Waals surface area contributed by atoms with E-state index in [0.29, 0.717) is 0 Å². The second-order valence-electron chi connectivity index (χ2n) is 4.19. The first-order valence-electron chi connectivity index (χ1n) is 5.65. The smallest absolute Gasteiger partial charge is 0.325 e. The minimum Gasteiger partial charge on any atom is -0.480 e. The highest BCUT2D eigenvalue weighted by Gasteiger charge is 2.14. The van der Waals surface area contributed by atoms with Gasteiger partial charge in [-0.15, -0.1) is 0 Å². The van der Waals surface area contributed by atoms with Crippen LogP contribution in [-0.4, -0.2) is 28.0 Å². The summed E-state index contributed by atoms with van der Waals surface area (Å²) in [6.45, 7) is 1.44. The lowest BCUT2D eigenvalue weighted by molar-refractivity contribution is -0.141. The number of rotatable bonds is 4. The molecular formula is C13H14N2O3. The number of para-hydroxylation sites is 1. The number of carboxylic acid groups (broad SMARTS) is 1. The minimum atomic E-state index is -1.04. The van der Waals surface area contributed by atoms with Crippen molar-refractivity contribution in [3.8, 4) is 0 Å². The van der Waals surface area contributed by atoms with E-state index in [4.69, 9.17) is 5.11 Å². The second-order valence-corrected chi connectivity index (χ2v) is 4.19. The topological polar surface area (TPSA) is 82.2 Å². The highest BCUT2D eigenvalue weighted by Crippen LogP contribution is 2.14. The summed E-state index contributed by atoms with van der Waals surface area (Å²) >= 11 is 0. The van der Waals surface area contributed by atoms with Crippen LogP contribution in [0.4, 0.5) is 0 Å². The maximum atomic E-state index is 11.6. The first-order valence-corrected chi connectivity index (χ1v) is 5.65. The monoisotopic (exact) mass is 246 g/mol. The first-order chi connectivity index (χ1) is 8.56. The van der Waals surface area contributed by atoms with Crippen molar-refractivity contribution in [3.63, 3.8) is 0 Å². The molecule has 1 aromatic heterocycles. The van der Waals surface area contributed by atoms with Gasteiger partial charge in [-0.25, -0.2) is 0 Å². The fraction of sp³-hybridized carbons (Fsp3) is 0.231. The Bertz CT molecular complexity index is 556. The van der Waals surface area contributed by atoms with E-state index in [1.807, 2.05) is 30.3 Å². The average molecular weight is 246 g/mol. The minimum absolute atomic E-state index is 0.145. The third-order valence-electron chi connectivity index (χ3n) is 2.68. The van der Waals surface area contributed by atoms with Gasteiger partial charge in [0.15, 0.2) is 0 Å². The van der Waals surface area contributed by atoms with Gasteiger partial charge in [-0.3, -0.25) is 9.59 Å². The molecule has 0 bridgehead atoms. The molecule has 2 rings (SSSR count). The summed E-state index contributed by atoms with van der Waals surface area (Å²) in [4.78, 5) is 25.3. The van der Waals surface area contributed by atoms with Gasteiger partial charge >= 0.3 is 5.97 Å². The fourth-order valence-electron chi connectivity index (χ4n) is 1.76. The number of fused-ring (bicyclic) bond motifs is 1. The first kappa shape index (κ1) is 12.2. The highest BCUT2D eigenvalue weighted by molar-refractivity contribution is 5.86. The predicted octanol–water partition coefficient (Wildman–Crippen LogP) is 1.30. The molecule has 1 aromatic carbocycles. The number of aromatic nitrogens is 1. The maximum Gasteiger partial charge on any atom is 0.325 e. The van der Waals surface area contributed by atoms with Gasteiger partial charge in [-0.05, 0) is 24.4 Å². The van der Waals surface area contributed by atoms with Crippen molar-refractivity contribution in [1.29, 1.82) is 0 Å². The highest BCUT2D eigenvalue weighted by atomic mass is 16.4. The van der Waals surface area contributed by atoms with Crippen LogP contribution in [0.5, 0.6) is 0 Å². The van der Waals surface area contributed by atoms with Gasteiger partial charge in [0.2, 0.25) is 5.91 Å². The van der Waals surface area contributed by atoms with Gasteiger partial charge in [0.1, 0.15) is 6.04 Å². The van der Waals surface area contributed by atoms with Crippen LogP contribution in [0.1, 0.15) is 12.6 Å². The lowest BCUT2D eigenvalue weighted by Crippen LogP contribution is -2.39. The van der Waals surface area contributed by atoms with E-state index < -0.39 is 12.0 Å². The molecule has 0 spiro atoms. The summed E-state index contributed by atoms with van der Waals surface area (Å²) in [6, 6.07) is 8.73. The molecule has 3 N–H and O–H groups in total. The molecule has 5 nitrogen and oxygen atoms in total. The van der Waals surface area contributed by atoms with Gasteiger partial charge in [0.25, 0.3) is 0 Å². The van der Waals surface area contributed by atoms with Crippen LogP contribution in [0.2, 0.25) is 0 Å².